The second-order valence-electron chi connectivity index (χ2n) is 3.15. The first-order valence-electron chi connectivity index (χ1n) is 4.00. The molecule has 1 rings (SSSR count). The molecule has 58 valence electrons. The summed E-state index contributed by atoms with van der Waals surface area (Å²) in [6.45, 7) is 5.28. The van der Waals surface area contributed by atoms with Crippen LogP contribution in [0, 0.1) is 11.8 Å². The van der Waals surface area contributed by atoms with Crippen molar-refractivity contribution in [1.29, 1.82) is 0 Å². The molecule has 2 nitrogen and oxygen atoms in total. The van der Waals surface area contributed by atoms with E-state index in [1.54, 1.807) is 0 Å². The molecule has 0 aromatic heterocycles. The van der Waals surface area contributed by atoms with Crippen molar-refractivity contribution in [1.82, 2.24) is 5.32 Å². The maximum Gasteiger partial charge on any atom is 0.220 e. The van der Waals surface area contributed by atoms with Crippen LogP contribution < -0.4 is 5.32 Å². The van der Waals surface area contributed by atoms with Gasteiger partial charge in [0.25, 0.3) is 0 Å². The molecule has 10 heavy (non-hydrogen) atoms. The van der Waals surface area contributed by atoms with Gasteiger partial charge in [-0.1, -0.05) is 20.3 Å². The van der Waals surface area contributed by atoms with Crippen LogP contribution in [0.25, 0.3) is 0 Å². The van der Waals surface area contributed by atoms with Crippen LogP contribution in [0.3, 0.4) is 0 Å². The van der Waals surface area contributed by atoms with E-state index >= 15 is 0 Å². The summed E-state index contributed by atoms with van der Waals surface area (Å²) in [5, 5.41) is 2.85. The minimum atomic E-state index is 0.227. The second kappa shape index (κ2) is 3.04. The standard InChI is InChI=1S/C8H15NO/c1-3-6(2)7-4-8(10)9-5-7/h6-7H,3-5H2,1-2H3,(H,9,10)/t6-,7+/m1/s1. The Morgan fingerprint density at radius 2 is 2.50 bits per heavy atom. The summed E-state index contributed by atoms with van der Waals surface area (Å²) >= 11 is 0. The highest BCUT2D eigenvalue weighted by Gasteiger charge is 2.24. The quantitative estimate of drug-likeness (QED) is 0.614. The van der Waals surface area contributed by atoms with Crippen molar-refractivity contribution in [3.05, 3.63) is 0 Å². The third-order valence-corrected chi connectivity index (χ3v) is 2.46. The second-order valence-corrected chi connectivity index (χ2v) is 3.15. The van der Waals surface area contributed by atoms with Crippen LogP contribution >= 0.6 is 0 Å². The number of hydrogen-bond donors (Lipinski definition) is 1. The third-order valence-electron chi connectivity index (χ3n) is 2.46. The lowest BCUT2D eigenvalue weighted by Gasteiger charge is -2.13. The Kier molecular flexibility index (Phi) is 2.30. The summed E-state index contributed by atoms with van der Waals surface area (Å²) in [5.41, 5.74) is 0. The summed E-state index contributed by atoms with van der Waals surface area (Å²) in [6.07, 6.45) is 1.93. The number of carbonyl (C=O) groups excluding carboxylic acids is 1. The minimum Gasteiger partial charge on any atom is -0.356 e. The van der Waals surface area contributed by atoms with Gasteiger partial charge in [0.05, 0.1) is 0 Å². The molecule has 1 saturated heterocycles. The van der Waals surface area contributed by atoms with E-state index < -0.39 is 0 Å². The average molecular weight is 141 g/mol. The molecular weight excluding hydrogens is 126 g/mol. The van der Waals surface area contributed by atoms with Crippen LogP contribution in [-0.2, 0) is 4.79 Å². The molecule has 2 atom stereocenters. The highest BCUT2D eigenvalue weighted by atomic mass is 16.1. The van der Waals surface area contributed by atoms with Gasteiger partial charge in [-0.2, -0.15) is 0 Å². The van der Waals surface area contributed by atoms with Crippen LogP contribution in [0.5, 0.6) is 0 Å². The first-order valence-corrected chi connectivity index (χ1v) is 4.00. The van der Waals surface area contributed by atoms with Crippen LogP contribution in [0.1, 0.15) is 26.7 Å². The number of rotatable bonds is 2. The molecule has 1 N–H and O–H groups in total. The highest BCUT2D eigenvalue weighted by Crippen LogP contribution is 2.21. The largest absolute Gasteiger partial charge is 0.356 e. The van der Waals surface area contributed by atoms with Gasteiger partial charge in [0.15, 0.2) is 0 Å². The molecule has 2 heteroatoms. The van der Waals surface area contributed by atoms with Crippen molar-refractivity contribution in [3.8, 4) is 0 Å². The van der Waals surface area contributed by atoms with E-state index in [9.17, 15) is 4.79 Å². The molecule has 1 aliphatic heterocycles. The van der Waals surface area contributed by atoms with E-state index in [1.165, 1.54) is 6.42 Å². The third kappa shape index (κ3) is 1.49. The molecule has 0 radical (unpaired) electrons. The molecule has 1 fully saturated rings. The molecule has 0 unspecified atom stereocenters. The van der Waals surface area contributed by atoms with E-state index in [-0.39, 0.29) is 5.91 Å². The number of nitrogens with one attached hydrogen (secondary N) is 1. The fraction of sp³-hybridized carbons (Fsp3) is 0.875. The predicted octanol–water partition coefficient (Wildman–Crippen LogP) is 1.17. The van der Waals surface area contributed by atoms with Gasteiger partial charge in [0.2, 0.25) is 5.91 Å². The summed E-state index contributed by atoms with van der Waals surface area (Å²) in [6, 6.07) is 0. The summed E-state index contributed by atoms with van der Waals surface area (Å²) in [7, 11) is 0. The molecule has 1 heterocycles. The van der Waals surface area contributed by atoms with Gasteiger partial charge in [0, 0.05) is 13.0 Å². The monoisotopic (exact) mass is 141 g/mol. The van der Waals surface area contributed by atoms with Crippen molar-refractivity contribution in [2.45, 2.75) is 26.7 Å². The van der Waals surface area contributed by atoms with Crippen molar-refractivity contribution in [2.75, 3.05) is 6.54 Å². The van der Waals surface area contributed by atoms with Gasteiger partial charge in [0.1, 0.15) is 0 Å². The molecule has 1 amide bonds. The summed E-state index contributed by atoms with van der Waals surface area (Å²) in [5.74, 6) is 1.52. The fourth-order valence-electron chi connectivity index (χ4n) is 1.36. The van der Waals surface area contributed by atoms with E-state index in [2.05, 4.69) is 19.2 Å². The maximum atomic E-state index is 10.8. The van der Waals surface area contributed by atoms with E-state index in [1.807, 2.05) is 0 Å². The molecule has 1 aliphatic rings. The lowest BCUT2D eigenvalue weighted by atomic mass is 9.91. The lowest BCUT2D eigenvalue weighted by Crippen LogP contribution is -2.16. The lowest BCUT2D eigenvalue weighted by molar-refractivity contribution is -0.119. The summed E-state index contributed by atoms with van der Waals surface area (Å²) < 4.78 is 0. The van der Waals surface area contributed by atoms with Crippen molar-refractivity contribution >= 4 is 5.91 Å². The highest BCUT2D eigenvalue weighted by molar-refractivity contribution is 5.78. The Morgan fingerprint density at radius 3 is 2.90 bits per heavy atom. The van der Waals surface area contributed by atoms with Crippen LogP contribution in [-0.4, -0.2) is 12.5 Å². The smallest absolute Gasteiger partial charge is 0.220 e. The van der Waals surface area contributed by atoms with Gasteiger partial charge in [-0.15, -0.1) is 0 Å². The van der Waals surface area contributed by atoms with Gasteiger partial charge >= 0.3 is 0 Å². The molecular formula is C8H15NO. The Hall–Kier alpha value is -0.530. The number of hydrogen-bond acceptors (Lipinski definition) is 1. The fourth-order valence-corrected chi connectivity index (χ4v) is 1.36. The van der Waals surface area contributed by atoms with Crippen LogP contribution in [0.4, 0.5) is 0 Å². The Bertz CT molecular complexity index is 133. The number of amides is 1. The average Bonchev–Trinajstić information content (AvgIpc) is 2.34. The van der Waals surface area contributed by atoms with Gasteiger partial charge in [-0.3, -0.25) is 4.79 Å². The number of carbonyl (C=O) groups is 1. The zero-order valence-electron chi connectivity index (χ0n) is 6.68. The molecule has 0 aromatic rings. The van der Waals surface area contributed by atoms with Crippen LogP contribution in [0.15, 0.2) is 0 Å². The molecule has 0 bridgehead atoms. The van der Waals surface area contributed by atoms with Gasteiger partial charge in [-0.25, -0.2) is 0 Å². The Balaban J connectivity index is 2.36. The Labute approximate surface area is 62.0 Å². The van der Waals surface area contributed by atoms with E-state index in [4.69, 9.17) is 0 Å². The predicted molar refractivity (Wildman–Crippen MR) is 40.6 cm³/mol. The Morgan fingerprint density at radius 1 is 1.80 bits per heavy atom. The molecule has 0 spiro atoms. The van der Waals surface area contributed by atoms with Crippen molar-refractivity contribution in [3.63, 3.8) is 0 Å². The van der Waals surface area contributed by atoms with Crippen molar-refractivity contribution < 1.29 is 4.79 Å². The molecule has 0 aromatic carbocycles. The normalized spacial score (nSPS) is 28.2. The first kappa shape index (κ1) is 7.58. The molecule has 0 aliphatic carbocycles. The SMILES string of the molecule is CC[C@@H](C)[C@@H]1CNC(=O)C1. The van der Waals surface area contributed by atoms with Crippen LogP contribution in [0.2, 0.25) is 0 Å². The summed E-state index contributed by atoms with van der Waals surface area (Å²) in [4.78, 5) is 10.8. The molecule has 0 saturated carbocycles. The zero-order valence-corrected chi connectivity index (χ0v) is 6.68. The first-order chi connectivity index (χ1) is 4.74. The van der Waals surface area contributed by atoms with E-state index in [0.717, 1.165) is 13.0 Å². The van der Waals surface area contributed by atoms with Gasteiger partial charge in [-0.05, 0) is 11.8 Å². The minimum absolute atomic E-state index is 0.227. The van der Waals surface area contributed by atoms with Gasteiger partial charge < -0.3 is 5.32 Å². The zero-order chi connectivity index (χ0) is 7.56. The topological polar surface area (TPSA) is 29.1 Å². The maximum absolute atomic E-state index is 10.8. The van der Waals surface area contributed by atoms with E-state index in [0.29, 0.717) is 11.8 Å². The van der Waals surface area contributed by atoms with Crippen molar-refractivity contribution in [2.24, 2.45) is 11.8 Å².